The molecular weight excluding hydrogens is 234 g/mol. The van der Waals surface area contributed by atoms with Crippen molar-refractivity contribution in [2.24, 2.45) is 0 Å². The van der Waals surface area contributed by atoms with Crippen LogP contribution >= 0.6 is 0 Å². The summed E-state index contributed by atoms with van der Waals surface area (Å²) in [6, 6.07) is 0. The average Bonchev–Trinajstić information content (AvgIpc) is 2.15. The lowest BCUT2D eigenvalue weighted by Gasteiger charge is -2.19. The van der Waals surface area contributed by atoms with Gasteiger partial charge in [0.15, 0.2) is 9.84 Å². The Kier molecular flexibility index (Phi) is 6.02. The molecule has 0 aromatic carbocycles. The Morgan fingerprint density at radius 1 is 1.31 bits per heavy atom. The van der Waals surface area contributed by atoms with Crippen LogP contribution in [-0.4, -0.2) is 57.4 Å². The Morgan fingerprint density at radius 2 is 1.88 bits per heavy atom. The molecule has 0 atom stereocenters. The van der Waals surface area contributed by atoms with Crippen molar-refractivity contribution in [1.82, 2.24) is 4.90 Å². The van der Waals surface area contributed by atoms with E-state index in [1.165, 1.54) is 12.0 Å². The topological polar surface area (TPSA) is 80.8 Å². The summed E-state index contributed by atoms with van der Waals surface area (Å²) in [5.74, 6) is -1.44. The normalized spacial score (nSPS) is 10.9. The van der Waals surface area contributed by atoms with Gasteiger partial charge in [0.1, 0.15) is 5.75 Å². The SMILES string of the molecule is CCN(CCC(=O)OC)C(=O)CS(C)(=O)=O. The van der Waals surface area contributed by atoms with Gasteiger partial charge in [-0.25, -0.2) is 8.42 Å². The zero-order chi connectivity index (χ0) is 12.8. The van der Waals surface area contributed by atoms with E-state index in [9.17, 15) is 18.0 Å². The predicted octanol–water partition coefficient (Wildman–Crippen LogP) is -0.557. The monoisotopic (exact) mass is 251 g/mol. The van der Waals surface area contributed by atoms with Gasteiger partial charge < -0.3 is 9.64 Å². The fourth-order valence-corrected chi connectivity index (χ4v) is 1.73. The lowest BCUT2D eigenvalue weighted by atomic mass is 10.3. The maximum atomic E-state index is 11.5. The third-order valence-electron chi connectivity index (χ3n) is 1.93. The van der Waals surface area contributed by atoms with Gasteiger partial charge in [-0.15, -0.1) is 0 Å². The van der Waals surface area contributed by atoms with Crippen LogP contribution in [0.5, 0.6) is 0 Å². The lowest BCUT2D eigenvalue weighted by molar-refractivity contribution is -0.141. The van der Waals surface area contributed by atoms with Crippen molar-refractivity contribution < 1.29 is 22.7 Å². The Balaban J connectivity index is 4.28. The summed E-state index contributed by atoms with van der Waals surface area (Å²) in [5, 5.41) is 0. The van der Waals surface area contributed by atoms with Gasteiger partial charge in [0.25, 0.3) is 0 Å². The molecule has 0 aromatic rings. The van der Waals surface area contributed by atoms with E-state index >= 15 is 0 Å². The summed E-state index contributed by atoms with van der Waals surface area (Å²) >= 11 is 0. The van der Waals surface area contributed by atoms with Gasteiger partial charge in [-0.2, -0.15) is 0 Å². The van der Waals surface area contributed by atoms with Crippen molar-refractivity contribution >= 4 is 21.7 Å². The number of carbonyl (C=O) groups excluding carboxylic acids is 2. The quantitative estimate of drug-likeness (QED) is 0.591. The maximum Gasteiger partial charge on any atom is 0.307 e. The molecule has 0 aromatic heterocycles. The third kappa shape index (κ3) is 6.39. The average molecular weight is 251 g/mol. The van der Waals surface area contributed by atoms with Crippen LogP contribution in [0.1, 0.15) is 13.3 Å². The van der Waals surface area contributed by atoms with E-state index in [0.29, 0.717) is 6.54 Å². The zero-order valence-corrected chi connectivity index (χ0v) is 10.5. The summed E-state index contributed by atoms with van der Waals surface area (Å²) in [4.78, 5) is 23.7. The molecule has 0 aliphatic carbocycles. The highest BCUT2D eigenvalue weighted by molar-refractivity contribution is 7.91. The Morgan fingerprint density at radius 3 is 2.25 bits per heavy atom. The number of methoxy groups -OCH3 is 1. The van der Waals surface area contributed by atoms with Gasteiger partial charge in [0.05, 0.1) is 13.5 Å². The second-order valence-electron chi connectivity index (χ2n) is 3.37. The zero-order valence-electron chi connectivity index (χ0n) is 9.73. The van der Waals surface area contributed by atoms with Crippen LogP contribution in [-0.2, 0) is 24.2 Å². The molecule has 0 heterocycles. The molecule has 0 unspecified atom stereocenters. The summed E-state index contributed by atoms with van der Waals surface area (Å²) in [6.45, 7) is 2.26. The Hall–Kier alpha value is -1.11. The highest BCUT2D eigenvalue weighted by atomic mass is 32.2. The van der Waals surface area contributed by atoms with Crippen molar-refractivity contribution in [2.45, 2.75) is 13.3 Å². The van der Waals surface area contributed by atoms with E-state index in [0.717, 1.165) is 6.26 Å². The molecule has 0 aliphatic rings. The first kappa shape index (κ1) is 14.9. The first-order valence-corrected chi connectivity index (χ1v) is 6.88. The Labute approximate surface area is 95.5 Å². The van der Waals surface area contributed by atoms with Crippen molar-refractivity contribution in [1.29, 1.82) is 0 Å². The minimum Gasteiger partial charge on any atom is -0.469 e. The van der Waals surface area contributed by atoms with Crippen LogP contribution in [0.4, 0.5) is 0 Å². The molecule has 0 rings (SSSR count). The van der Waals surface area contributed by atoms with Gasteiger partial charge in [0, 0.05) is 19.3 Å². The van der Waals surface area contributed by atoms with E-state index in [1.807, 2.05) is 0 Å². The molecule has 0 spiro atoms. The number of carbonyl (C=O) groups is 2. The number of nitrogens with zero attached hydrogens (tertiary/aromatic N) is 1. The minimum atomic E-state index is -3.33. The van der Waals surface area contributed by atoms with E-state index < -0.39 is 27.5 Å². The van der Waals surface area contributed by atoms with Crippen molar-refractivity contribution in [2.75, 3.05) is 32.2 Å². The minimum absolute atomic E-state index is 0.0693. The third-order valence-corrected chi connectivity index (χ3v) is 2.70. The second-order valence-corrected chi connectivity index (χ2v) is 5.51. The molecule has 0 fully saturated rings. The number of ether oxygens (including phenoxy) is 1. The van der Waals surface area contributed by atoms with Gasteiger partial charge in [0.2, 0.25) is 5.91 Å². The van der Waals surface area contributed by atoms with Crippen LogP contribution in [0.2, 0.25) is 0 Å². The number of hydrogen-bond donors (Lipinski definition) is 0. The number of amides is 1. The first-order valence-electron chi connectivity index (χ1n) is 4.82. The van der Waals surface area contributed by atoms with Crippen LogP contribution in [0.3, 0.4) is 0 Å². The second kappa shape index (κ2) is 6.47. The molecule has 0 N–H and O–H groups in total. The molecule has 0 aliphatic heterocycles. The van der Waals surface area contributed by atoms with E-state index in [4.69, 9.17) is 0 Å². The number of hydrogen-bond acceptors (Lipinski definition) is 5. The van der Waals surface area contributed by atoms with Crippen LogP contribution < -0.4 is 0 Å². The summed E-state index contributed by atoms with van der Waals surface area (Å²) in [7, 11) is -2.07. The summed E-state index contributed by atoms with van der Waals surface area (Å²) in [5.41, 5.74) is 0. The molecular formula is C9H17NO5S. The number of sulfone groups is 1. The van der Waals surface area contributed by atoms with Gasteiger partial charge >= 0.3 is 5.97 Å². The molecule has 94 valence electrons. The van der Waals surface area contributed by atoms with Crippen molar-refractivity contribution in [3.05, 3.63) is 0 Å². The predicted molar refractivity (Wildman–Crippen MR) is 58.6 cm³/mol. The summed E-state index contributed by atoms with van der Waals surface area (Å²) in [6.07, 6.45) is 1.07. The highest BCUT2D eigenvalue weighted by Crippen LogP contribution is 1.97. The number of rotatable bonds is 6. The van der Waals surface area contributed by atoms with Gasteiger partial charge in [-0.1, -0.05) is 0 Å². The summed E-state index contributed by atoms with van der Waals surface area (Å²) < 4.78 is 26.3. The van der Waals surface area contributed by atoms with Crippen molar-refractivity contribution in [3.8, 4) is 0 Å². The molecule has 6 nitrogen and oxygen atoms in total. The Bertz CT molecular complexity index is 349. The molecule has 0 saturated heterocycles. The maximum absolute atomic E-state index is 11.5. The van der Waals surface area contributed by atoms with Crippen LogP contribution in [0.25, 0.3) is 0 Å². The van der Waals surface area contributed by atoms with Crippen molar-refractivity contribution in [3.63, 3.8) is 0 Å². The highest BCUT2D eigenvalue weighted by Gasteiger charge is 2.17. The van der Waals surface area contributed by atoms with Gasteiger partial charge in [-0.05, 0) is 6.92 Å². The molecule has 1 amide bonds. The van der Waals surface area contributed by atoms with Gasteiger partial charge in [-0.3, -0.25) is 9.59 Å². The molecule has 0 radical (unpaired) electrons. The lowest BCUT2D eigenvalue weighted by Crippen LogP contribution is -2.36. The van der Waals surface area contributed by atoms with Crippen LogP contribution in [0, 0.1) is 0 Å². The van der Waals surface area contributed by atoms with E-state index in [1.54, 1.807) is 6.92 Å². The standard InChI is InChI=1S/C9H17NO5S/c1-4-10(6-5-9(12)15-2)8(11)7-16(3,13)14/h4-7H2,1-3H3. The van der Waals surface area contributed by atoms with E-state index in [2.05, 4.69) is 4.74 Å². The first-order chi connectivity index (χ1) is 7.30. The van der Waals surface area contributed by atoms with Crippen LogP contribution in [0.15, 0.2) is 0 Å². The fourth-order valence-electron chi connectivity index (χ4n) is 1.10. The molecule has 7 heteroatoms. The smallest absolute Gasteiger partial charge is 0.307 e. The largest absolute Gasteiger partial charge is 0.469 e. The number of esters is 1. The fraction of sp³-hybridized carbons (Fsp3) is 0.778. The molecule has 0 saturated carbocycles. The van der Waals surface area contributed by atoms with E-state index in [-0.39, 0.29) is 13.0 Å². The molecule has 0 bridgehead atoms. The molecule has 16 heavy (non-hydrogen) atoms.